The number of carbonyl (C=O) groups excluding carboxylic acids is 2. The fourth-order valence-corrected chi connectivity index (χ4v) is 2.71. The molecule has 1 aromatic rings. The fourth-order valence-electron chi connectivity index (χ4n) is 2.71. The van der Waals surface area contributed by atoms with E-state index in [0.29, 0.717) is 18.5 Å². The molecule has 19 heavy (non-hydrogen) atoms. The molecule has 0 radical (unpaired) electrons. The van der Waals surface area contributed by atoms with Crippen molar-refractivity contribution in [1.82, 2.24) is 10.6 Å². The molecule has 5 heteroatoms. The van der Waals surface area contributed by atoms with Crippen molar-refractivity contribution in [3.63, 3.8) is 0 Å². The zero-order valence-corrected chi connectivity index (χ0v) is 10.5. The summed E-state index contributed by atoms with van der Waals surface area (Å²) in [5.74, 6) is -0.217. The van der Waals surface area contributed by atoms with Gasteiger partial charge < -0.3 is 0 Å². The maximum atomic E-state index is 12.2. The number of hydrogen-bond donors (Lipinski definition) is 2. The molecule has 98 valence electrons. The summed E-state index contributed by atoms with van der Waals surface area (Å²) in [4.78, 5) is 28.6. The summed E-state index contributed by atoms with van der Waals surface area (Å²) in [5.41, 5.74) is -0.170. The van der Waals surface area contributed by atoms with E-state index in [-0.39, 0.29) is 17.8 Å². The smallest absolute Gasteiger partial charge is 0.242 e. The van der Waals surface area contributed by atoms with Gasteiger partial charge in [-0.1, -0.05) is 31.0 Å². The van der Waals surface area contributed by atoms with Crippen LogP contribution in [0, 0.1) is 5.41 Å². The highest BCUT2D eigenvalue weighted by atomic mass is 16.2. The highest BCUT2D eigenvalue weighted by Crippen LogP contribution is 2.39. The number of amides is 2. The van der Waals surface area contributed by atoms with Crippen LogP contribution >= 0.6 is 0 Å². The number of aliphatic imine (C=N–C) groups is 1. The standard InChI is InChI=1S/C14H15N3O2/c18-11-14(8-4-5-9-14)12(19)17-13(16-11)15-10-6-2-1-3-7-10/h1-3,6-7H,4-5,8-9H2,(H2,15,16,17,18,19). The van der Waals surface area contributed by atoms with Gasteiger partial charge in [0.15, 0.2) is 0 Å². The van der Waals surface area contributed by atoms with E-state index in [1.807, 2.05) is 30.3 Å². The van der Waals surface area contributed by atoms with Gasteiger partial charge >= 0.3 is 0 Å². The molecule has 1 aliphatic carbocycles. The first-order valence-electron chi connectivity index (χ1n) is 6.47. The van der Waals surface area contributed by atoms with Crippen molar-refractivity contribution in [3.05, 3.63) is 30.3 Å². The topological polar surface area (TPSA) is 70.6 Å². The maximum absolute atomic E-state index is 12.2. The lowest BCUT2D eigenvalue weighted by Gasteiger charge is -2.31. The van der Waals surface area contributed by atoms with Crippen molar-refractivity contribution in [2.75, 3.05) is 0 Å². The monoisotopic (exact) mass is 257 g/mol. The first kappa shape index (κ1) is 11.9. The van der Waals surface area contributed by atoms with Gasteiger partial charge in [0.25, 0.3) is 0 Å². The number of guanidine groups is 1. The van der Waals surface area contributed by atoms with E-state index >= 15 is 0 Å². The van der Waals surface area contributed by atoms with Crippen molar-refractivity contribution in [2.45, 2.75) is 25.7 Å². The first-order chi connectivity index (χ1) is 9.21. The Morgan fingerprint density at radius 1 is 0.947 bits per heavy atom. The van der Waals surface area contributed by atoms with Crippen molar-refractivity contribution in [1.29, 1.82) is 0 Å². The van der Waals surface area contributed by atoms with E-state index in [0.717, 1.165) is 12.8 Å². The van der Waals surface area contributed by atoms with Crippen LogP contribution in [0.25, 0.3) is 0 Å². The summed E-state index contributed by atoms with van der Waals surface area (Å²) >= 11 is 0. The molecule has 1 aliphatic heterocycles. The van der Waals surface area contributed by atoms with E-state index in [4.69, 9.17) is 0 Å². The van der Waals surface area contributed by atoms with Crippen LogP contribution in [0.1, 0.15) is 25.7 Å². The van der Waals surface area contributed by atoms with Crippen molar-refractivity contribution >= 4 is 23.5 Å². The Balaban J connectivity index is 1.84. The van der Waals surface area contributed by atoms with E-state index in [1.54, 1.807) is 0 Å². The normalized spacial score (nSPS) is 21.2. The lowest BCUT2D eigenvalue weighted by molar-refractivity contribution is -0.143. The molecule has 2 fully saturated rings. The lowest BCUT2D eigenvalue weighted by Crippen LogP contribution is -2.62. The second-order valence-electron chi connectivity index (χ2n) is 4.99. The quantitative estimate of drug-likeness (QED) is 0.748. The summed E-state index contributed by atoms with van der Waals surface area (Å²) < 4.78 is 0. The van der Waals surface area contributed by atoms with Crippen LogP contribution in [0.5, 0.6) is 0 Å². The van der Waals surface area contributed by atoms with Gasteiger partial charge in [-0.25, -0.2) is 4.99 Å². The molecule has 1 spiro atoms. The minimum atomic E-state index is -0.865. The zero-order valence-electron chi connectivity index (χ0n) is 10.5. The Kier molecular flexibility index (Phi) is 2.81. The largest absolute Gasteiger partial charge is 0.295 e. The van der Waals surface area contributed by atoms with Crippen LogP contribution in [0.4, 0.5) is 5.69 Å². The number of benzene rings is 1. The molecule has 1 saturated carbocycles. The summed E-state index contributed by atoms with van der Waals surface area (Å²) in [6.45, 7) is 0. The third kappa shape index (κ3) is 2.01. The van der Waals surface area contributed by atoms with E-state index < -0.39 is 5.41 Å². The molecule has 0 aromatic heterocycles. The summed E-state index contributed by atoms with van der Waals surface area (Å²) in [5, 5.41) is 5.41. The Morgan fingerprint density at radius 2 is 1.53 bits per heavy atom. The van der Waals surface area contributed by atoms with Crippen LogP contribution in [-0.4, -0.2) is 17.8 Å². The van der Waals surface area contributed by atoms with Crippen LogP contribution in [-0.2, 0) is 9.59 Å². The average Bonchev–Trinajstić information content (AvgIpc) is 2.88. The minimum Gasteiger partial charge on any atom is -0.295 e. The number of carbonyl (C=O) groups is 2. The second kappa shape index (κ2) is 4.50. The first-order valence-corrected chi connectivity index (χ1v) is 6.47. The van der Waals surface area contributed by atoms with Crippen molar-refractivity contribution in [3.8, 4) is 0 Å². The minimum absolute atomic E-state index is 0.219. The lowest BCUT2D eigenvalue weighted by atomic mass is 9.83. The highest BCUT2D eigenvalue weighted by molar-refractivity contribution is 6.20. The number of hydrogen-bond acceptors (Lipinski definition) is 3. The van der Waals surface area contributed by atoms with E-state index in [2.05, 4.69) is 15.6 Å². The molecule has 5 nitrogen and oxygen atoms in total. The molecular weight excluding hydrogens is 242 g/mol. The predicted molar refractivity (Wildman–Crippen MR) is 70.7 cm³/mol. The van der Waals surface area contributed by atoms with Gasteiger partial charge in [0.2, 0.25) is 17.8 Å². The highest BCUT2D eigenvalue weighted by Gasteiger charge is 2.51. The Morgan fingerprint density at radius 3 is 2.11 bits per heavy atom. The molecule has 2 amide bonds. The summed E-state index contributed by atoms with van der Waals surface area (Å²) in [7, 11) is 0. The van der Waals surface area contributed by atoms with Gasteiger partial charge in [-0.15, -0.1) is 0 Å². The average molecular weight is 257 g/mol. The number of nitrogens with one attached hydrogen (secondary N) is 2. The van der Waals surface area contributed by atoms with Crippen LogP contribution < -0.4 is 10.6 Å². The maximum Gasteiger partial charge on any atom is 0.242 e. The van der Waals surface area contributed by atoms with Gasteiger partial charge in [-0.3, -0.25) is 20.2 Å². The van der Waals surface area contributed by atoms with Crippen molar-refractivity contribution < 1.29 is 9.59 Å². The van der Waals surface area contributed by atoms with Gasteiger partial charge in [-0.2, -0.15) is 0 Å². The molecule has 1 heterocycles. The molecule has 2 N–H and O–H groups in total. The van der Waals surface area contributed by atoms with Gasteiger partial charge in [0, 0.05) is 0 Å². The van der Waals surface area contributed by atoms with Crippen LogP contribution in [0.2, 0.25) is 0 Å². The van der Waals surface area contributed by atoms with Gasteiger partial charge in [-0.05, 0) is 25.0 Å². The Hall–Kier alpha value is -2.17. The molecule has 3 rings (SSSR count). The fraction of sp³-hybridized carbons (Fsp3) is 0.357. The molecule has 1 saturated heterocycles. The molecule has 1 aromatic carbocycles. The van der Waals surface area contributed by atoms with E-state index in [1.165, 1.54) is 0 Å². The molecule has 0 unspecified atom stereocenters. The second-order valence-corrected chi connectivity index (χ2v) is 4.99. The summed E-state index contributed by atoms with van der Waals surface area (Å²) in [6, 6.07) is 9.21. The van der Waals surface area contributed by atoms with Crippen LogP contribution in [0.3, 0.4) is 0 Å². The van der Waals surface area contributed by atoms with Crippen LogP contribution in [0.15, 0.2) is 35.3 Å². The number of para-hydroxylation sites is 1. The molecular formula is C14H15N3O2. The molecule has 2 aliphatic rings. The predicted octanol–water partition coefficient (Wildman–Crippen LogP) is 1.48. The number of rotatable bonds is 1. The molecule has 0 bridgehead atoms. The SMILES string of the molecule is O=C1NC(=Nc2ccccc2)NC(=O)C12CCCC2. The molecule has 0 atom stereocenters. The van der Waals surface area contributed by atoms with E-state index in [9.17, 15) is 9.59 Å². The number of nitrogens with zero attached hydrogens (tertiary/aromatic N) is 1. The summed E-state index contributed by atoms with van der Waals surface area (Å²) in [6.07, 6.45) is 3.10. The third-order valence-electron chi connectivity index (χ3n) is 3.79. The zero-order chi connectivity index (χ0) is 13.3. The Labute approximate surface area is 111 Å². The van der Waals surface area contributed by atoms with Crippen molar-refractivity contribution in [2.24, 2.45) is 10.4 Å². The van der Waals surface area contributed by atoms with Gasteiger partial charge in [0.05, 0.1) is 5.69 Å². The third-order valence-corrected chi connectivity index (χ3v) is 3.79. The Bertz CT molecular complexity index is 523. The van der Waals surface area contributed by atoms with Gasteiger partial charge in [0.1, 0.15) is 5.41 Å².